The van der Waals surface area contributed by atoms with E-state index in [1.165, 1.54) is 0 Å². The summed E-state index contributed by atoms with van der Waals surface area (Å²) in [4.78, 5) is 27.6. The van der Waals surface area contributed by atoms with Crippen molar-refractivity contribution < 1.29 is 0 Å². The van der Waals surface area contributed by atoms with Gasteiger partial charge in [-0.1, -0.05) is 164 Å². The van der Waals surface area contributed by atoms with Crippen molar-refractivity contribution in [3.05, 3.63) is 327 Å². The first-order valence-corrected chi connectivity index (χ1v) is 29.8. The summed E-state index contributed by atoms with van der Waals surface area (Å²) >= 11 is 0. The fraction of sp³-hybridized carbons (Fsp3) is 0. The van der Waals surface area contributed by atoms with E-state index < -0.39 is 0 Å². The minimum absolute atomic E-state index is 0.462. The molecule has 0 aliphatic heterocycles. The lowest BCUT2D eigenvalue weighted by atomic mass is 9.99. The molecule has 0 saturated heterocycles. The van der Waals surface area contributed by atoms with Gasteiger partial charge in [-0.15, -0.1) is 0 Å². The van der Waals surface area contributed by atoms with Gasteiger partial charge in [0, 0.05) is 79.8 Å². The van der Waals surface area contributed by atoms with Gasteiger partial charge in [0.15, 0.2) is 5.69 Å². The molecule has 0 amide bonds. The molecule has 8 nitrogen and oxygen atoms in total. The molecule has 0 aliphatic rings. The molecule has 0 aliphatic carbocycles. The third kappa shape index (κ3) is 9.51. The van der Waals surface area contributed by atoms with E-state index in [-0.39, 0.29) is 0 Å². The summed E-state index contributed by atoms with van der Waals surface area (Å²) in [5.41, 5.74) is 24.1. The number of aromatic nitrogens is 6. The van der Waals surface area contributed by atoms with Gasteiger partial charge in [0.1, 0.15) is 0 Å². The molecule has 16 aromatic rings. The van der Waals surface area contributed by atoms with Gasteiger partial charge in [-0.05, 0) is 165 Å². The van der Waals surface area contributed by atoms with E-state index in [4.69, 9.17) is 26.5 Å². The average Bonchev–Trinajstić information content (AvgIpc) is 1.58. The Bertz CT molecular complexity index is 5280. The third-order valence-corrected chi connectivity index (χ3v) is 17.2. The molecule has 0 atom stereocenters. The molecule has 16 rings (SSSR count). The van der Waals surface area contributed by atoms with Crippen LogP contribution in [0.4, 0.5) is 11.4 Å². The quantitative estimate of drug-likeness (QED) is 0.121. The van der Waals surface area contributed by atoms with E-state index in [2.05, 4.69) is 207 Å². The van der Waals surface area contributed by atoms with Crippen molar-refractivity contribution in [2.75, 3.05) is 0 Å². The van der Waals surface area contributed by atoms with Crippen LogP contribution < -0.4 is 0 Å². The molecule has 8 heteroatoms. The van der Waals surface area contributed by atoms with Gasteiger partial charge >= 0.3 is 0 Å². The first-order valence-electron chi connectivity index (χ1n) is 29.8. The first kappa shape index (κ1) is 52.9. The number of nitrogens with zero attached hydrogens (tertiary/aromatic N) is 8. The highest BCUT2D eigenvalue weighted by molar-refractivity contribution is 6.14. The van der Waals surface area contributed by atoms with E-state index in [9.17, 15) is 6.57 Å². The van der Waals surface area contributed by atoms with Gasteiger partial charge in [0.25, 0.3) is 0 Å². The number of fused-ring (bicyclic) bond motifs is 6. The van der Waals surface area contributed by atoms with Crippen molar-refractivity contribution in [1.29, 1.82) is 0 Å². The minimum atomic E-state index is 0.462. The summed E-state index contributed by atoms with van der Waals surface area (Å²) in [6, 6.07) is 96.7. The molecule has 0 saturated carbocycles. The Morgan fingerprint density at radius 2 is 0.567 bits per heavy atom. The standard InChI is InChI=1S/C82H50N8/c1-83-66-25-15-24-65(42-66)67-51-82(90-79-32-28-59(63-36-40-87-74(49-63)55-20-11-5-12-21-55)45-70(79)71-46-60(29-33-80(71)90)64-37-41-88-75(50-64)56-22-13-6-14-23-56)76(84-2)52-81(67)89-77-30-26-57(61-34-38-85-72(47-61)53-16-7-3-8-17-53)43-68(77)69-44-58(27-31-78(69)89)62-35-39-86-73(48-62)54-18-9-4-10-19-54/h3-52H. The van der Waals surface area contributed by atoms with Crippen molar-refractivity contribution in [1.82, 2.24) is 29.1 Å². The van der Waals surface area contributed by atoms with E-state index in [0.717, 1.165) is 150 Å². The van der Waals surface area contributed by atoms with Crippen molar-refractivity contribution >= 4 is 55.0 Å². The zero-order valence-electron chi connectivity index (χ0n) is 48.4. The monoisotopic (exact) mass is 1150 g/mol. The summed E-state index contributed by atoms with van der Waals surface area (Å²) in [5, 5.41) is 4.14. The third-order valence-electron chi connectivity index (χ3n) is 17.2. The molecule has 0 unspecified atom stereocenters. The highest BCUT2D eigenvalue weighted by Crippen LogP contribution is 2.46. The Hall–Kier alpha value is -12.6. The maximum atomic E-state index is 9.21. The fourth-order valence-corrected chi connectivity index (χ4v) is 12.8. The Morgan fingerprint density at radius 1 is 0.244 bits per heavy atom. The van der Waals surface area contributed by atoms with Crippen LogP contribution in [0, 0.1) is 13.1 Å². The molecule has 6 aromatic heterocycles. The van der Waals surface area contributed by atoms with E-state index in [0.29, 0.717) is 17.1 Å². The largest absolute Gasteiger partial charge is 0.319 e. The smallest absolute Gasteiger partial charge is 0.212 e. The van der Waals surface area contributed by atoms with Crippen molar-refractivity contribution in [2.24, 2.45) is 0 Å². The Morgan fingerprint density at radius 3 is 0.900 bits per heavy atom. The lowest BCUT2D eigenvalue weighted by Gasteiger charge is -2.19. The van der Waals surface area contributed by atoms with E-state index in [1.54, 1.807) is 0 Å². The zero-order valence-corrected chi connectivity index (χ0v) is 48.4. The topological polar surface area (TPSA) is 70.1 Å². The summed E-state index contributed by atoms with van der Waals surface area (Å²) in [6.45, 7) is 17.5. The van der Waals surface area contributed by atoms with Gasteiger partial charge in [0.05, 0.1) is 63.7 Å². The van der Waals surface area contributed by atoms with Crippen molar-refractivity contribution in [3.63, 3.8) is 0 Å². The van der Waals surface area contributed by atoms with Crippen molar-refractivity contribution in [2.45, 2.75) is 0 Å². The number of pyridine rings is 4. The maximum Gasteiger partial charge on any atom is 0.212 e. The normalized spacial score (nSPS) is 11.3. The van der Waals surface area contributed by atoms with Crippen LogP contribution in [-0.2, 0) is 0 Å². The SMILES string of the molecule is [C-]#[N+]c1cccc(-c2cc(-n3c4ccc(-c5ccnc(-c6ccccc6)c5)cc4c4cc(-c5ccnc(-c6ccccc6)c5)ccc43)c([N+]#[C-])cc2-n2c3ccc(-c4ccnc(-c5ccccc5)c4)cc3c3cc(-c4ccnc(-c5ccccc5)c4)ccc32)c1. The number of hydrogen-bond donors (Lipinski definition) is 0. The van der Waals surface area contributed by atoms with E-state index >= 15 is 0 Å². The molecule has 0 bridgehead atoms. The lowest BCUT2D eigenvalue weighted by molar-refractivity contribution is 1.15. The number of rotatable bonds is 11. The zero-order chi connectivity index (χ0) is 60.1. The molecular weight excluding hydrogens is 1100 g/mol. The summed E-state index contributed by atoms with van der Waals surface area (Å²) in [5.74, 6) is 0. The highest BCUT2D eigenvalue weighted by Gasteiger charge is 2.24. The highest BCUT2D eigenvalue weighted by atomic mass is 15.0. The van der Waals surface area contributed by atoms with Crippen LogP contribution in [-0.4, -0.2) is 29.1 Å². The van der Waals surface area contributed by atoms with Gasteiger partial charge in [-0.25, -0.2) is 9.69 Å². The number of benzene rings is 10. The van der Waals surface area contributed by atoms with Crippen LogP contribution >= 0.6 is 0 Å². The van der Waals surface area contributed by atoms with Crippen LogP contribution in [0.25, 0.3) is 165 Å². The maximum absolute atomic E-state index is 9.21. The van der Waals surface area contributed by atoms with Gasteiger partial charge in [0.2, 0.25) is 5.69 Å². The minimum Gasteiger partial charge on any atom is -0.319 e. The van der Waals surface area contributed by atoms with Crippen molar-refractivity contribution in [3.8, 4) is 112 Å². The second-order valence-electron chi connectivity index (χ2n) is 22.4. The molecule has 0 radical (unpaired) electrons. The van der Waals surface area contributed by atoms with Crippen LogP contribution in [0.3, 0.4) is 0 Å². The van der Waals surface area contributed by atoms with Gasteiger partial charge in [-0.2, -0.15) is 0 Å². The molecule has 10 aromatic carbocycles. The van der Waals surface area contributed by atoms with Gasteiger partial charge in [-0.3, -0.25) is 19.9 Å². The Balaban J connectivity index is 0.929. The average molecular weight is 1150 g/mol. The van der Waals surface area contributed by atoms with Crippen LogP contribution in [0.2, 0.25) is 0 Å². The molecule has 90 heavy (non-hydrogen) atoms. The summed E-state index contributed by atoms with van der Waals surface area (Å²) in [6.07, 6.45) is 7.53. The summed E-state index contributed by atoms with van der Waals surface area (Å²) in [7, 11) is 0. The molecule has 0 N–H and O–H groups in total. The molecule has 418 valence electrons. The molecular formula is C82H50N8. The lowest BCUT2D eigenvalue weighted by Crippen LogP contribution is -2.01. The second kappa shape index (κ2) is 22.3. The predicted molar refractivity (Wildman–Crippen MR) is 368 cm³/mol. The van der Waals surface area contributed by atoms with Gasteiger partial charge < -0.3 is 9.13 Å². The van der Waals surface area contributed by atoms with Crippen LogP contribution in [0.1, 0.15) is 0 Å². The molecule has 0 fully saturated rings. The number of hydrogen-bond acceptors (Lipinski definition) is 4. The first-order chi connectivity index (χ1) is 44.5. The second-order valence-corrected chi connectivity index (χ2v) is 22.4. The fourth-order valence-electron chi connectivity index (χ4n) is 12.8. The van der Waals surface area contributed by atoms with Crippen LogP contribution in [0.15, 0.2) is 304 Å². The summed E-state index contributed by atoms with van der Waals surface area (Å²) < 4.78 is 4.56. The molecule has 0 spiro atoms. The molecule has 6 heterocycles. The van der Waals surface area contributed by atoms with Crippen LogP contribution in [0.5, 0.6) is 0 Å². The Kier molecular flexibility index (Phi) is 13.1. The van der Waals surface area contributed by atoms with E-state index in [1.807, 2.05) is 116 Å². The predicted octanol–water partition coefficient (Wildman–Crippen LogP) is 21.6. The Labute approximate surface area is 519 Å².